The average molecular weight is 365 g/mol. The van der Waals surface area contributed by atoms with Gasteiger partial charge in [0.05, 0.1) is 17.7 Å². The molecule has 0 aliphatic carbocycles. The molecule has 136 valence electrons. The Morgan fingerprint density at radius 3 is 2.93 bits per heavy atom. The lowest BCUT2D eigenvalue weighted by Crippen LogP contribution is -2.10. The molecule has 0 amide bonds. The van der Waals surface area contributed by atoms with Crippen LogP contribution in [0.3, 0.4) is 0 Å². The van der Waals surface area contributed by atoms with Gasteiger partial charge in [0.15, 0.2) is 5.75 Å². The second-order valence-electron chi connectivity index (χ2n) is 5.70. The molecule has 9 nitrogen and oxygen atoms in total. The number of rotatable bonds is 3. The van der Waals surface area contributed by atoms with Gasteiger partial charge in [-0.15, -0.1) is 0 Å². The number of aromatic amines is 2. The smallest absolute Gasteiger partial charge is 0.434 e. The summed E-state index contributed by atoms with van der Waals surface area (Å²) in [5.74, 6) is 0.367. The number of ether oxygens (including phenoxy) is 2. The molecule has 0 aliphatic heterocycles. The predicted octanol–water partition coefficient (Wildman–Crippen LogP) is 2.58. The van der Waals surface area contributed by atoms with E-state index in [-0.39, 0.29) is 23.9 Å². The lowest BCUT2D eigenvalue weighted by Gasteiger charge is -2.07. The van der Waals surface area contributed by atoms with Crippen molar-refractivity contribution in [3.8, 4) is 17.0 Å². The van der Waals surface area contributed by atoms with Crippen molar-refractivity contribution in [2.24, 2.45) is 0 Å². The number of fused-ring (bicyclic) bond motifs is 3. The van der Waals surface area contributed by atoms with Crippen LogP contribution in [-0.4, -0.2) is 32.7 Å². The Kier molecular flexibility index (Phi) is 3.96. The molecular weight excluding hydrogens is 350 g/mol. The van der Waals surface area contributed by atoms with Crippen LogP contribution in [0.25, 0.3) is 33.1 Å². The van der Waals surface area contributed by atoms with Gasteiger partial charge in [0.2, 0.25) is 5.95 Å². The predicted molar refractivity (Wildman–Crippen MR) is 99.5 cm³/mol. The second-order valence-corrected chi connectivity index (χ2v) is 5.70. The maximum Gasteiger partial charge on any atom is 0.513 e. The zero-order valence-corrected chi connectivity index (χ0v) is 14.3. The van der Waals surface area contributed by atoms with Crippen molar-refractivity contribution < 1.29 is 14.3 Å². The van der Waals surface area contributed by atoms with Gasteiger partial charge in [0.1, 0.15) is 5.52 Å². The fourth-order valence-electron chi connectivity index (χ4n) is 2.91. The maximum absolute atomic E-state index is 12.3. The van der Waals surface area contributed by atoms with E-state index in [9.17, 15) is 9.59 Å². The first-order valence-corrected chi connectivity index (χ1v) is 8.17. The molecule has 3 heterocycles. The Morgan fingerprint density at radius 2 is 2.15 bits per heavy atom. The number of carbonyl (C=O) groups is 1. The summed E-state index contributed by atoms with van der Waals surface area (Å²) in [6, 6.07) is 7.13. The highest BCUT2D eigenvalue weighted by Crippen LogP contribution is 2.32. The van der Waals surface area contributed by atoms with E-state index in [1.807, 2.05) is 12.1 Å². The summed E-state index contributed by atoms with van der Waals surface area (Å²) in [4.78, 5) is 37.8. The molecule has 0 unspecified atom stereocenters. The molecule has 0 saturated heterocycles. The van der Waals surface area contributed by atoms with Gasteiger partial charge in [-0.05, 0) is 25.1 Å². The molecule has 4 N–H and O–H groups in total. The normalized spacial score (nSPS) is 11.0. The van der Waals surface area contributed by atoms with Crippen LogP contribution in [0.1, 0.15) is 6.92 Å². The molecule has 0 spiro atoms. The number of hydrogen-bond acceptors (Lipinski definition) is 7. The lowest BCUT2D eigenvalue weighted by molar-refractivity contribution is 0.105. The monoisotopic (exact) mass is 365 g/mol. The highest BCUT2D eigenvalue weighted by atomic mass is 16.7. The third-order valence-corrected chi connectivity index (χ3v) is 4.03. The molecule has 9 heteroatoms. The molecule has 4 aromatic rings. The number of H-pyrrole nitrogens is 2. The van der Waals surface area contributed by atoms with Crippen LogP contribution in [-0.2, 0) is 4.74 Å². The Labute approximate surface area is 152 Å². The SMILES string of the molecule is CCOC(=O)Oc1c[nH]c2c(=O)[nH]c3ccc(-c4ccnc(N)n4)cc3c12. The molecule has 3 aromatic heterocycles. The van der Waals surface area contributed by atoms with Crippen molar-refractivity contribution in [3.63, 3.8) is 0 Å². The van der Waals surface area contributed by atoms with Crippen LogP contribution < -0.4 is 16.0 Å². The fraction of sp³-hybridized carbons (Fsp3) is 0.111. The highest BCUT2D eigenvalue weighted by molar-refractivity contribution is 6.09. The number of carbonyl (C=O) groups excluding carboxylic acids is 1. The van der Waals surface area contributed by atoms with E-state index in [4.69, 9.17) is 15.2 Å². The van der Waals surface area contributed by atoms with Gasteiger partial charge < -0.3 is 25.2 Å². The second kappa shape index (κ2) is 6.45. The standard InChI is InChI=1S/C18H15N5O4/c1-2-26-18(25)27-13-8-21-15-14(13)10-7-9(3-4-12(10)22-16(15)24)11-5-6-20-17(19)23-11/h3-8,21H,2H2,1H3,(H,22,24)(H2,19,20,23). The zero-order valence-electron chi connectivity index (χ0n) is 14.3. The van der Waals surface area contributed by atoms with Crippen molar-refractivity contribution in [2.75, 3.05) is 12.3 Å². The number of benzene rings is 1. The molecule has 1 aromatic carbocycles. The molecule has 0 aliphatic rings. The van der Waals surface area contributed by atoms with Crippen LogP contribution in [0, 0.1) is 0 Å². The number of pyridine rings is 1. The van der Waals surface area contributed by atoms with Gasteiger partial charge in [-0.2, -0.15) is 0 Å². The number of nitrogen functional groups attached to an aromatic ring is 1. The Balaban J connectivity index is 1.94. The maximum atomic E-state index is 12.3. The van der Waals surface area contributed by atoms with Crippen LogP contribution in [0.15, 0.2) is 41.5 Å². The topological polar surface area (TPSA) is 136 Å². The van der Waals surface area contributed by atoms with E-state index in [0.717, 1.165) is 5.56 Å². The quantitative estimate of drug-likeness (QED) is 0.475. The van der Waals surface area contributed by atoms with E-state index >= 15 is 0 Å². The summed E-state index contributed by atoms with van der Waals surface area (Å²) < 4.78 is 10.1. The Hall–Kier alpha value is -3.88. The first-order chi connectivity index (χ1) is 13.1. The minimum Gasteiger partial charge on any atom is -0.434 e. The summed E-state index contributed by atoms with van der Waals surface area (Å²) >= 11 is 0. The molecule has 4 rings (SSSR count). The van der Waals surface area contributed by atoms with Gasteiger partial charge in [-0.3, -0.25) is 4.79 Å². The van der Waals surface area contributed by atoms with E-state index in [1.165, 1.54) is 6.20 Å². The number of anilines is 1. The van der Waals surface area contributed by atoms with Crippen LogP contribution in [0.2, 0.25) is 0 Å². The van der Waals surface area contributed by atoms with Gasteiger partial charge >= 0.3 is 6.16 Å². The molecule has 27 heavy (non-hydrogen) atoms. The molecular formula is C18H15N5O4. The number of nitrogens with zero attached hydrogens (tertiary/aromatic N) is 2. The molecule has 0 saturated carbocycles. The molecule has 0 fully saturated rings. The van der Waals surface area contributed by atoms with E-state index in [1.54, 1.807) is 25.3 Å². The van der Waals surface area contributed by atoms with Crippen LogP contribution >= 0.6 is 0 Å². The van der Waals surface area contributed by atoms with E-state index < -0.39 is 6.16 Å². The summed E-state index contributed by atoms with van der Waals surface area (Å²) in [6.45, 7) is 1.86. The minimum atomic E-state index is -0.841. The van der Waals surface area contributed by atoms with Gasteiger partial charge in [0.25, 0.3) is 5.56 Å². The average Bonchev–Trinajstić information content (AvgIpc) is 3.06. The fourth-order valence-corrected chi connectivity index (χ4v) is 2.91. The van der Waals surface area contributed by atoms with E-state index in [2.05, 4.69) is 19.9 Å². The first kappa shape index (κ1) is 16.6. The number of hydrogen-bond donors (Lipinski definition) is 3. The Bertz CT molecular complexity index is 1230. The zero-order chi connectivity index (χ0) is 19.0. The van der Waals surface area contributed by atoms with Crippen molar-refractivity contribution in [1.29, 1.82) is 0 Å². The minimum absolute atomic E-state index is 0.159. The number of nitrogens with one attached hydrogen (secondary N) is 2. The third kappa shape index (κ3) is 2.95. The van der Waals surface area contributed by atoms with Crippen molar-refractivity contribution in [3.05, 3.63) is 47.0 Å². The van der Waals surface area contributed by atoms with Crippen LogP contribution in [0.5, 0.6) is 5.75 Å². The van der Waals surface area contributed by atoms with E-state index in [0.29, 0.717) is 27.5 Å². The van der Waals surface area contributed by atoms with Crippen molar-refractivity contribution in [1.82, 2.24) is 19.9 Å². The van der Waals surface area contributed by atoms with Crippen molar-refractivity contribution >= 4 is 33.9 Å². The third-order valence-electron chi connectivity index (χ3n) is 4.03. The van der Waals surface area contributed by atoms with Gasteiger partial charge in [0, 0.05) is 28.9 Å². The summed E-state index contributed by atoms with van der Waals surface area (Å²) in [6.07, 6.45) is 2.17. The molecule has 0 bridgehead atoms. The van der Waals surface area contributed by atoms with Gasteiger partial charge in [-0.1, -0.05) is 6.07 Å². The Morgan fingerprint density at radius 1 is 1.30 bits per heavy atom. The van der Waals surface area contributed by atoms with Gasteiger partial charge in [-0.25, -0.2) is 14.8 Å². The lowest BCUT2D eigenvalue weighted by atomic mass is 10.1. The number of nitrogens with two attached hydrogens (primary N) is 1. The molecule has 0 radical (unpaired) electrons. The largest absolute Gasteiger partial charge is 0.513 e. The number of aromatic nitrogens is 4. The van der Waals surface area contributed by atoms with Crippen molar-refractivity contribution in [2.45, 2.75) is 6.92 Å². The first-order valence-electron chi connectivity index (χ1n) is 8.17. The summed E-state index contributed by atoms with van der Waals surface area (Å²) in [7, 11) is 0. The van der Waals surface area contributed by atoms with Crippen LogP contribution in [0.4, 0.5) is 10.7 Å². The highest BCUT2D eigenvalue weighted by Gasteiger charge is 2.17. The summed E-state index contributed by atoms with van der Waals surface area (Å²) in [5.41, 5.74) is 7.63. The summed E-state index contributed by atoms with van der Waals surface area (Å²) in [5, 5.41) is 1.16. The molecule has 0 atom stereocenters.